The molecule has 4 aromatic rings. The smallest absolute Gasteiger partial charge is 0.260 e. The van der Waals surface area contributed by atoms with Crippen LogP contribution in [0.1, 0.15) is 35.4 Å². The standard InChI is InChI=1S/C43H39FN4O6/c1-25-10-12-27(13-11-25)45-48-40(51)34-24-33-30(37(32-8-5-9-35(44)38(32)49)43(34,42(48)53)26-6-3-2-4-7-26)18-19-31-36(33)41(52)47(39(31)50)29-16-14-28(15-17-29)46-20-22-54-23-21-46/h2-18,31,33-34,36-37,45,49H,19-24H2,1H3/t31-,33+,34-,36-,37+,43+/m0/s1. The normalized spacial score (nSPS) is 27.8. The molecule has 6 atom stereocenters. The Hall–Kier alpha value is -5.81. The number of morpholine rings is 1. The van der Waals surface area contributed by atoms with E-state index in [4.69, 9.17) is 4.74 Å². The predicted molar refractivity (Wildman–Crippen MR) is 199 cm³/mol. The number of hydrogen-bond acceptors (Lipinski definition) is 8. The minimum atomic E-state index is -1.61. The fraction of sp³-hybridized carbons (Fsp3) is 0.302. The van der Waals surface area contributed by atoms with Gasteiger partial charge in [-0.25, -0.2) is 4.39 Å². The number of halogens is 1. The number of benzene rings is 4. The van der Waals surface area contributed by atoms with E-state index in [9.17, 15) is 19.5 Å². The first-order valence-corrected chi connectivity index (χ1v) is 18.4. The molecule has 0 unspecified atom stereocenters. The largest absolute Gasteiger partial charge is 0.505 e. The molecule has 0 radical (unpaired) electrons. The topological polar surface area (TPSA) is 119 Å². The van der Waals surface area contributed by atoms with Crippen molar-refractivity contribution >= 4 is 40.7 Å². The molecule has 10 nitrogen and oxygen atoms in total. The lowest BCUT2D eigenvalue weighted by Crippen LogP contribution is -2.53. The van der Waals surface area contributed by atoms with Gasteiger partial charge in [0.25, 0.3) is 11.8 Å². The number of hydrazine groups is 1. The third-order valence-electron chi connectivity index (χ3n) is 12.2. The summed E-state index contributed by atoms with van der Waals surface area (Å²) in [5.74, 6) is -7.46. The fourth-order valence-corrected chi connectivity index (χ4v) is 9.75. The number of rotatable bonds is 6. The molecule has 0 aromatic heterocycles. The van der Waals surface area contributed by atoms with E-state index in [-0.39, 0.29) is 30.2 Å². The summed E-state index contributed by atoms with van der Waals surface area (Å²) in [7, 11) is 0. The average Bonchev–Trinajstić information content (AvgIpc) is 3.58. The molecular formula is C43H39FN4O6. The number of fused-ring (bicyclic) bond motifs is 4. The highest BCUT2D eigenvalue weighted by Gasteiger charge is 2.70. The number of carbonyl (C=O) groups excluding carboxylic acids is 4. The number of imide groups is 2. The second-order valence-corrected chi connectivity index (χ2v) is 14.9. The third-order valence-corrected chi connectivity index (χ3v) is 12.2. The average molecular weight is 727 g/mol. The molecule has 2 N–H and O–H groups in total. The zero-order valence-electron chi connectivity index (χ0n) is 29.7. The van der Waals surface area contributed by atoms with Gasteiger partial charge in [0, 0.05) is 30.3 Å². The van der Waals surface area contributed by atoms with Gasteiger partial charge in [0.1, 0.15) is 0 Å². The maximum atomic E-state index is 15.4. The quantitative estimate of drug-likeness (QED) is 0.187. The monoisotopic (exact) mass is 726 g/mol. The number of aromatic hydroxyl groups is 1. The summed E-state index contributed by atoms with van der Waals surface area (Å²) in [6.45, 7) is 4.67. The van der Waals surface area contributed by atoms with Gasteiger partial charge in [-0.15, -0.1) is 0 Å². The lowest BCUT2D eigenvalue weighted by molar-refractivity contribution is -0.138. The fourth-order valence-electron chi connectivity index (χ4n) is 9.75. The second kappa shape index (κ2) is 12.9. The van der Waals surface area contributed by atoms with Crippen molar-refractivity contribution < 1.29 is 33.4 Å². The van der Waals surface area contributed by atoms with E-state index in [0.29, 0.717) is 35.7 Å². The van der Waals surface area contributed by atoms with E-state index in [1.807, 2.05) is 43.3 Å². The number of phenols is 1. The van der Waals surface area contributed by atoms with Gasteiger partial charge in [-0.05, 0) is 73.7 Å². The molecule has 4 aromatic carbocycles. The number of para-hydroxylation sites is 1. The first kappa shape index (κ1) is 34.0. The molecule has 4 amide bonds. The summed E-state index contributed by atoms with van der Waals surface area (Å²) in [6.07, 6.45) is 2.19. The second-order valence-electron chi connectivity index (χ2n) is 14.9. The summed E-state index contributed by atoms with van der Waals surface area (Å²) in [4.78, 5) is 62.3. The molecule has 0 bridgehead atoms. The number of anilines is 3. The van der Waals surface area contributed by atoms with Crippen LogP contribution in [0.2, 0.25) is 0 Å². The van der Waals surface area contributed by atoms with Gasteiger partial charge in [-0.1, -0.05) is 71.8 Å². The van der Waals surface area contributed by atoms with Crippen LogP contribution in [0, 0.1) is 36.4 Å². The highest BCUT2D eigenvalue weighted by molar-refractivity contribution is 6.22. The first-order chi connectivity index (χ1) is 26.2. The Morgan fingerprint density at radius 1 is 0.796 bits per heavy atom. The summed E-state index contributed by atoms with van der Waals surface area (Å²) in [5.41, 5.74) is 5.72. The Labute approximate surface area is 311 Å². The zero-order valence-corrected chi connectivity index (χ0v) is 29.7. The molecule has 54 heavy (non-hydrogen) atoms. The Bertz CT molecular complexity index is 2200. The predicted octanol–water partition coefficient (Wildman–Crippen LogP) is 5.87. The van der Waals surface area contributed by atoms with Crippen LogP contribution >= 0.6 is 0 Å². The number of phenolic OH excluding ortho intramolecular Hbond substituents is 1. The number of ether oxygens (including phenoxy) is 1. The number of nitrogens with zero attached hydrogens (tertiary/aromatic N) is 3. The van der Waals surface area contributed by atoms with Crippen LogP contribution in [-0.4, -0.2) is 60.0 Å². The maximum absolute atomic E-state index is 15.4. The Kier molecular flexibility index (Phi) is 8.15. The SMILES string of the molecule is Cc1ccc(NN2C(=O)[C@@H]3C[C@@H]4C(=CC[C@@H]5C(=O)N(c6ccc(N7CCOCC7)cc6)C(=O)[C@@H]54)[C@H](c4cccc(F)c4O)[C@]3(c3ccccc3)C2=O)cc1. The minimum absolute atomic E-state index is 0.0912. The van der Waals surface area contributed by atoms with Crippen LogP contribution in [-0.2, 0) is 29.3 Å². The highest BCUT2D eigenvalue weighted by Crippen LogP contribution is 2.65. The Balaban J connectivity index is 1.16. The summed E-state index contributed by atoms with van der Waals surface area (Å²) in [6, 6.07) is 27.8. The van der Waals surface area contributed by atoms with Gasteiger partial charge >= 0.3 is 0 Å². The molecule has 5 aliphatic rings. The van der Waals surface area contributed by atoms with Crippen molar-refractivity contribution in [3.63, 3.8) is 0 Å². The van der Waals surface area contributed by atoms with E-state index in [1.165, 1.54) is 11.0 Å². The molecule has 3 heterocycles. The van der Waals surface area contributed by atoms with Crippen molar-refractivity contribution in [2.45, 2.75) is 31.1 Å². The van der Waals surface area contributed by atoms with Crippen LogP contribution in [0.4, 0.5) is 21.5 Å². The maximum Gasteiger partial charge on any atom is 0.260 e. The van der Waals surface area contributed by atoms with Crippen LogP contribution in [0.5, 0.6) is 5.75 Å². The third kappa shape index (κ3) is 5.01. The van der Waals surface area contributed by atoms with Crippen molar-refractivity contribution in [2.75, 3.05) is 41.5 Å². The van der Waals surface area contributed by atoms with Crippen molar-refractivity contribution in [1.82, 2.24) is 5.01 Å². The zero-order chi connectivity index (χ0) is 37.3. The van der Waals surface area contributed by atoms with Gasteiger partial charge in [0.15, 0.2) is 11.6 Å². The van der Waals surface area contributed by atoms with E-state index in [1.54, 1.807) is 54.6 Å². The molecule has 11 heteroatoms. The number of aryl methyl sites for hydroxylation is 1. The van der Waals surface area contributed by atoms with Crippen molar-refractivity contribution in [3.8, 4) is 5.75 Å². The first-order valence-electron chi connectivity index (χ1n) is 18.4. The number of carbonyl (C=O) groups is 4. The van der Waals surface area contributed by atoms with Gasteiger partial charge < -0.3 is 14.7 Å². The Morgan fingerprint density at radius 3 is 2.22 bits per heavy atom. The molecule has 3 saturated heterocycles. The van der Waals surface area contributed by atoms with Gasteiger partial charge in [0.05, 0.1) is 47.8 Å². The van der Waals surface area contributed by atoms with Crippen LogP contribution in [0.25, 0.3) is 0 Å². The van der Waals surface area contributed by atoms with Crippen LogP contribution in [0.3, 0.4) is 0 Å². The van der Waals surface area contributed by atoms with Crippen molar-refractivity contribution in [2.24, 2.45) is 23.7 Å². The van der Waals surface area contributed by atoms with Crippen LogP contribution < -0.4 is 15.2 Å². The molecule has 1 saturated carbocycles. The van der Waals surface area contributed by atoms with E-state index >= 15 is 9.18 Å². The number of nitrogens with one attached hydrogen (secondary N) is 1. The highest BCUT2D eigenvalue weighted by atomic mass is 19.1. The number of hydrogen-bond donors (Lipinski definition) is 2. The molecule has 2 aliphatic carbocycles. The van der Waals surface area contributed by atoms with E-state index in [2.05, 4.69) is 10.3 Å². The molecule has 9 rings (SSSR count). The van der Waals surface area contributed by atoms with Gasteiger partial charge in [-0.3, -0.25) is 29.5 Å². The molecule has 274 valence electrons. The Morgan fingerprint density at radius 2 is 1.50 bits per heavy atom. The van der Waals surface area contributed by atoms with Gasteiger partial charge in [-0.2, -0.15) is 5.01 Å². The van der Waals surface area contributed by atoms with E-state index < -0.39 is 58.4 Å². The van der Waals surface area contributed by atoms with Crippen molar-refractivity contribution in [3.05, 3.63) is 131 Å². The van der Waals surface area contributed by atoms with Crippen molar-refractivity contribution in [1.29, 1.82) is 0 Å². The molecule has 4 fully saturated rings. The molecular weight excluding hydrogens is 687 g/mol. The van der Waals surface area contributed by atoms with Crippen LogP contribution in [0.15, 0.2) is 109 Å². The minimum Gasteiger partial charge on any atom is -0.505 e. The molecule has 0 spiro atoms. The van der Waals surface area contributed by atoms with E-state index in [0.717, 1.165) is 35.4 Å². The summed E-state index contributed by atoms with van der Waals surface area (Å²) in [5, 5.41) is 12.5. The number of allylic oxidation sites excluding steroid dienone is 2. The molecule has 3 aliphatic heterocycles. The summed E-state index contributed by atoms with van der Waals surface area (Å²) < 4.78 is 20.8. The lowest BCUT2D eigenvalue weighted by Gasteiger charge is -2.50. The summed E-state index contributed by atoms with van der Waals surface area (Å²) >= 11 is 0. The lowest BCUT2D eigenvalue weighted by atomic mass is 9.49. The van der Waals surface area contributed by atoms with Gasteiger partial charge in [0.2, 0.25) is 11.8 Å². The number of amides is 4.